The molecule has 27 saturated heterocycles. The van der Waals surface area contributed by atoms with Gasteiger partial charge in [-0.05, 0) is 161 Å². The van der Waals surface area contributed by atoms with Crippen LogP contribution in [0.4, 0.5) is 0 Å². The fourth-order valence-corrected chi connectivity index (χ4v) is 32.1. The Labute approximate surface area is 876 Å². The number of methoxy groups -OCH3 is 1. The maximum absolute atomic E-state index is 14.6. The Hall–Kier alpha value is -3.74. The summed E-state index contributed by atoms with van der Waals surface area (Å²) in [4.78, 5) is 38.9. The number of ether oxygens (including phenoxy) is 25. The van der Waals surface area contributed by atoms with Crippen LogP contribution in [0.1, 0.15) is 279 Å². The molecule has 7 N–H and O–H groups in total. The second-order valence-corrected chi connectivity index (χ2v) is 51.4. The van der Waals surface area contributed by atoms with Crippen LogP contribution in [0.2, 0.25) is 0 Å². The Morgan fingerprint density at radius 2 is 0.953 bits per heavy atom. The lowest BCUT2D eigenvalue weighted by molar-refractivity contribution is -0.339. The smallest absolute Gasteiger partial charge is 0.308 e. The van der Waals surface area contributed by atoms with Gasteiger partial charge < -0.3 is 149 Å². The number of rotatable bonds is 15. The summed E-state index contributed by atoms with van der Waals surface area (Å²) in [5.74, 6) is -0.595. The highest BCUT2D eigenvalue weighted by Crippen LogP contribution is 2.61. The van der Waals surface area contributed by atoms with Crippen molar-refractivity contribution < 1.29 is 167 Å². The highest BCUT2D eigenvalue weighted by molar-refractivity contribution is 7.90. The van der Waals surface area contributed by atoms with E-state index < -0.39 is 119 Å². The van der Waals surface area contributed by atoms with E-state index in [1.165, 1.54) is 18.4 Å². The summed E-state index contributed by atoms with van der Waals surface area (Å²) in [5, 5.41) is 47.5. The molecule has 27 rings (SSSR count). The van der Waals surface area contributed by atoms with E-state index in [0.29, 0.717) is 102 Å². The maximum atomic E-state index is 14.6. The number of aliphatic hydroxyl groups is 4. The van der Waals surface area contributed by atoms with Crippen LogP contribution in [-0.4, -0.2) is 363 Å². The molecule has 27 heterocycles. The summed E-state index contributed by atoms with van der Waals surface area (Å²) in [7, 11) is -1.84. The first kappa shape index (κ1) is 109. The molecule has 52 atom stereocenters. The minimum atomic E-state index is -3.42. The molecule has 0 aromatic carbocycles. The quantitative estimate of drug-likeness (QED) is 0.0384. The summed E-state index contributed by atoms with van der Waals surface area (Å²) < 4.78 is 193. The molecule has 4 spiro atoms. The molecule has 0 radical (unpaired) electrons. The molecule has 27 fully saturated rings. The van der Waals surface area contributed by atoms with E-state index >= 15 is 0 Å². The molecule has 0 aliphatic carbocycles. The van der Waals surface area contributed by atoms with Crippen molar-refractivity contribution in [3.63, 3.8) is 0 Å². The molecule has 0 amide bonds. The normalized spacial score (nSPS) is 50.9. The summed E-state index contributed by atoms with van der Waals surface area (Å²) in [5.41, 5.74) is 5.43. The van der Waals surface area contributed by atoms with Crippen molar-refractivity contribution in [2.24, 2.45) is 35.5 Å². The SMILES string of the molecule is C=C1C[C@@H]2CC[C@@]34C[C@H]5O[C@H]6[C@@H](O3)[C@H]3O[C@H](CC[C@@H]3O[C@H]6[C@H]5O4)CC(=O)C[C@H]3[C@H](C[C@H]4O[C@@H](CC[C@@H]1O2)C[C@@H](C)C4=C)OC(C[C@H](O)CS(C)(=O)=O)[C@@H]3OC.C=C1C[C@@H]2CC[C@@]34C[C@H]5O[C@H]6[C@@H](O3)[C@H]3O[C@H](CC[C@@H]3O[C@H]6[C@H]5O4)CC(=O)O[C@@H]3[C@@H](C)[C@@H]4O[C@@H]5C[C@]6(C[C@@H]7O[C@]8(CC[C@@H]9O[C@H]([C@@H](O)C[C@@H](O)CO)C[C@@H]9O8)C[C@H](C)[C@@H]7O6)O[C@@H]5C[C@@H]4O[C@H]3C[C@H]3O[C@@H](CC[C@@H]1O2)C[C@@H](C)C3=C.C=C1C[C@H](CCCC)O[C@H]1CCC=O.NO. The van der Waals surface area contributed by atoms with Gasteiger partial charge in [0.25, 0.3) is 0 Å². The lowest BCUT2D eigenvalue weighted by atomic mass is 9.79. The van der Waals surface area contributed by atoms with Gasteiger partial charge in [0.1, 0.15) is 89.1 Å². The number of esters is 1. The van der Waals surface area contributed by atoms with Crippen molar-refractivity contribution in [2.45, 2.75) is 564 Å². The second kappa shape index (κ2) is 44.7. The first-order valence-corrected chi connectivity index (χ1v) is 59.1. The van der Waals surface area contributed by atoms with E-state index in [1.54, 1.807) is 7.11 Å². The number of aldehydes is 1. The van der Waals surface area contributed by atoms with E-state index in [-0.39, 0.29) is 256 Å². The Kier molecular flexibility index (Phi) is 32.8. The van der Waals surface area contributed by atoms with Crippen molar-refractivity contribution in [3.8, 4) is 0 Å². The molecule has 24 bridgehead atoms. The van der Waals surface area contributed by atoms with Gasteiger partial charge in [0.15, 0.2) is 23.1 Å². The topological polar surface area (TPSA) is 443 Å². The second-order valence-electron chi connectivity index (χ2n) is 49.3. The Bertz CT molecular complexity index is 4880. The monoisotopic (exact) mass is 2120 g/mol. The summed E-state index contributed by atoms with van der Waals surface area (Å²) in [6.07, 6.45) is 14.2. The minimum absolute atomic E-state index is 0.0127. The van der Waals surface area contributed by atoms with Gasteiger partial charge >= 0.3 is 5.97 Å². The molecule has 36 nitrogen and oxygen atoms in total. The number of carbonyl (C=O) groups is 3. The van der Waals surface area contributed by atoms with Crippen LogP contribution in [0.15, 0.2) is 60.8 Å². The van der Waals surface area contributed by atoms with Crippen LogP contribution in [0, 0.1) is 29.6 Å². The van der Waals surface area contributed by atoms with E-state index in [9.17, 15) is 43.2 Å². The average molecular weight is 2120 g/mol. The number of hydrogen-bond donors (Lipinski definition) is 6. The van der Waals surface area contributed by atoms with Gasteiger partial charge in [-0.2, -0.15) is 0 Å². The molecule has 37 heteroatoms. The lowest BCUT2D eigenvalue weighted by Crippen LogP contribution is -2.62. The van der Waals surface area contributed by atoms with Gasteiger partial charge in [0, 0.05) is 134 Å². The lowest BCUT2D eigenvalue weighted by Gasteiger charge is -2.50. The van der Waals surface area contributed by atoms with Gasteiger partial charge in [0.05, 0.1) is 214 Å². The minimum Gasteiger partial charge on any atom is -0.459 e. The number of unbranched alkanes of at least 4 members (excludes halogenated alkanes) is 1. The van der Waals surface area contributed by atoms with Crippen molar-refractivity contribution in [1.29, 1.82) is 0 Å². The van der Waals surface area contributed by atoms with Gasteiger partial charge in [-0.1, -0.05) is 80.4 Å². The number of fused-ring (bicyclic) bond motifs is 16. The average Bonchev–Trinajstić information content (AvgIpc) is 1.49. The van der Waals surface area contributed by atoms with Crippen molar-refractivity contribution in [1.82, 2.24) is 0 Å². The fraction of sp³-hybridized carbons (Fsp3) is 0.884. The number of sulfone groups is 1. The maximum Gasteiger partial charge on any atom is 0.308 e. The highest BCUT2D eigenvalue weighted by Gasteiger charge is 2.73. The van der Waals surface area contributed by atoms with Crippen LogP contribution in [-0.2, 0) is 143 Å². The molecular formula is C112H167NO35S. The number of ketones is 1. The largest absolute Gasteiger partial charge is 0.459 e. The zero-order valence-electron chi connectivity index (χ0n) is 88.1. The van der Waals surface area contributed by atoms with E-state index in [1.807, 2.05) is 0 Å². The Morgan fingerprint density at radius 3 is 1.56 bits per heavy atom. The van der Waals surface area contributed by atoms with E-state index in [2.05, 4.69) is 73.4 Å². The predicted molar refractivity (Wildman–Crippen MR) is 529 cm³/mol. The summed E-state index contributed by atoms with van der Waals surface area (Å²) >= 11 is 0. The van der Waals surface area contributed by atoms with Crippen LogP contribution >= 0.6 is 0 Å². The third-order valence-corrected chi connectivity index (χ3v) is 39.5. The number of Topliss-reactive ketones (excluding diaryl/α,β-unsaturated/α-hetero) is 1. The number of aliphatic hydroxyl groups excluding tert-OH is 4. The number of nitrogens with two attached hydrogens (primary N) is 1. The third kappa shape index (κ3) is 22.5. The molecular weight excluding hydrogens is 1950 g/mol. The molecule has 27 aliphatic rings. The number of carbonyl (C=O) groups excluding carboxylic acids is 3. The predicted octanol–water partition coefficient (Wildman–Crippen LogP) is 10.4. The molecule has 27 aliphatic heterocycles. The van der Waals surface area contributed by atoms with Crippen LogP contribution in [0.3, 0.4) is 0 Å². The van der Waals surface area contributed by atoms with Gasteiger partial charge in [-0.15, -0.1) is 0 Å². The molecule has 0 saturated carbocycles. The van der Waals surface area contributed by atoms with Crippen LogP contribution in [0.25, 0.3) is 0 Å². The molecule has 1 unspecified atom stereocenters. The van der Waals surface area contributed by atoms with Crippen molar-refractivity contribution in [3.05, 3.63) is 60.8 Å². The molecule has 836 valence electrons. The Morgan fingerprint density at radius 1 is 0.436 bits per heavy atom. The van der Waals surface area contributed by atoms with E-state index in [0.717, 1.165) is 138 Å². The van der Waals surface area contributed by atoms with Gasteiger partial charge in [0.2, 0.25) is 0 Å². The first-order valence-electron chi connectivity index (χ1n) is 57.0. The number of hydrogen-bond acceptors (Lipinski definition) is 36. The highest BCUT2D eigenvalue weighted by atomic mass is 32.2. The van der Waals surface area contributed by atoms with Gasteiger partial charge in [-0.25, -0.2) is 14.3 Å². The molecule has 0 aromatic heterocycles. The first-order chi connectivity index (χ1) is 71.6. The summed E-state index contributed by atoms with van der Waals surface area (Å²) in [6, 6.07) is 0. The molecule has 149 heavy (non-hydrogen) atoms. The van der Waals surface area contributed by atoms with Gasteiger partial charge in [-0.3, -0.25) is 9.59 Å². The zero-order chi connectivity index (χ0) is 104. The standard InChI is InChI=1S/C59H84O19.C41H60O13S.C12H20O2.H3NO/c1-26-14-32-6-8-36-27(2)15-34(64-36)10-12-58-23-46-53(77-58)54-55(71-46)56(78-58)52-38(69-54)9-7-33(66-52)17-48(63)72-51-30(5)50-44(68-43(51)18-39(65-32)29(26)4)20-42-45(70-50)22-59(74-42)24-47-49(76-59)28(3)21-57(75-47)13-11-37-41(73-57)19-40(67-37)35(62)16-31(61)25-60;1-20-12-25-6-8-29-21(2)13-27(47-29)10-11-41-18-34-37(53-41)38-39(52-34)40(54-41)36-30(51-38)9-7-26(49-36)14-23(42)15-28-32(17-31(48-25)22(20)3)50-33(35(28)46-4)16-24(43)19-55(5,44)45;1-3-4-6-11-9-10(2)12(14-11)7-5-8-13;1-2/h26,28,30-47,49-56,60-62H,2,4,6-25H2,1,3,5H3;20,24-40,43H,2-3,6-19H2,1,4-5H3;8,11-12H,2-7,9H2,1H3;2H,1H2/t26-,28+,30+,31-,32+,33-,34+,35+,36+,37+,38+,39-,40+,41+,42-,43+,44+,45-,46-,47+,49+,50+,51-,52+,53+,54+,55-,56+,57-,58+,59+;20-,24+,25+,26-,27+,28+,29+,30+,31-,32+,33?,34-,35-,36+,37+,38+,39-,40+,41+;11-,12-;/m110./s1. The van der Waals surface area contributed by atoms with Crippen LogP contribution in [0.5, 0.6) is 0 Å². The van der Waals surface area contributed by atoms with Crippen molar-refractivity contribution in [2.75, 3.05) is 25.7 Å². The third-order valence-electron chi connectivity index (χ3n) is 38.5. The van der Waals surface area contributed by atoms with Crippen LogP contribution < -0.4 is 5.90 Å². The molecule has 0 aromatic rings. The fourth-order valence-electron chi connectivity index (χ4n) is 31.3. The Balaban J connectivity index is 0.000000153. The van der Waals surface area contributed by atoms with E-state index in [4.69, 9.17) is 124 Å². The zero-order valence-corrected chi connectivity index (χ0v) is 88.9. The summed E-state index contributed by atoms with van der Waals surface area (Å²) in [6.45, 7) is 32.5. The van der Waals surface area contributed by atoms with Crippen molar-refractivity contribution >= 4 is 27.9 Å².